The van der Waals surface area contributed by atoms with Gasteiger partial charge in [-0.05, 0) is 37.0 Å². The van der Waals surface area contributed by atoms with Crippen molar-refractivity contribution in [1.82, 2.24) is 30.1 Å². The molecule has 5 rings (SSSR count). The quantitative estimate of drug-likeness (QED) is 0.586. The summed E-state index contributed by atoms with van der Waals surface area (Å²) in [6.45, 7) is 3.74. The highest BCUT2D eigenvalue weighted by Crippen LogP contribution is 2.55. The molecule has 3 heterocycles. The largest absolute Gasteiger partial charge is 0.423 e. The summed E-state index contributed by atoms with van der Waals surface area (Å²) in [5.74, 6) is 0.0327. The Balaban J connectivity index is 1.46. The maximum atomic E-state index is 13.5. The van der Waals surface area contributed by atoms with Gasteiger partial charge in [-0.15, -0.1) is 20.1 Å². The van der Waals surface area contributed by atoms with Gasteiger partial charge in [0.05, 0.1) is 5.56 Å². The van der Waals surface area contributed by atoms with Crippen LogP contribution >= 0.6 is 0 Å². The van der Waals surface area contributed by atoms with Crippen LogP contribution in [0.4, 0.5) is 28.0 Å². The van der Waals surface area contributed by atoms with Gasteiger partial charge in [-0.3, -0.25) is 0 Å². The van der Waals surface area contributed by atoms with Crippen molar-refractivity contribution >= 4 is 11.7 Å². The number of likely N-dealkylation sites (tertiary alicyclic amines) is 1. The first-order valence-electron chi connectivity index (χ1n) is 10.3. The van der Waals surface area contributed by atoms with Crippen LogP contribution in [0, 0.1) is 18.8 Å². The average Bonchev–Trinajstić information content (AvgIpc) is 3.35. The minimum absolute atomic E-state index is 0.0586. The van der Waals surface area contributed by atoms with Crippen molar-refractivity contribution in [3.8, 4) is 5.69 Å². The molecule has 1 saturated heterocycles. The van der Waals surface area contributed by atoms with E-state index >= 15 is 0 Å². The molecule has 2 amide bonds. The number of piperidine rings is 1. The van der Waals surface area contributed by atoms with E-state index in [1.165, 1.54) is 0 Å². The van der Waals surface area contributed by atoms with Crippen molar-refractivity contribution in [2.24, 2.45) is 5.92 Å². The van der Waals surface area contributed by atoms with Gasteiger partial charge >= 0.3 is 12.2 Å². The van der Waals surface area contributed by atoms with Crippen LogP contribution in [-0.4, -0.2) is 42.2 Å². The van der Waals surface area contributed by atoms with E-state index in [1.807, 2.05) is 0 Å². The second-order valence-electron chi connectivity index (χ2n) is 8.55. The van der Waals surface area contributed by atoms with Crippen LogP contribution in [0.3, 0.4) is 0 Å². The summed E-state index contributed by atoms with van der Waals surface area (Å²) >= 11 is 0. The molecule has 1 aromatic carbocycles. The number of rotatable bonds is 3. The summed E-state index contributed by atoms with van der Waals surface area (Å²) in [6, 6.07) is 2.42. The number of hydrogen-bond acceptors (Lipinski definition) is 6. The van der Waals surface area contributed by atoms with E-state index in [9.17, 15) is 22.4 Å². The predicted molar refractivity (Wildman–Crippen MR) is 105 cm³/mol. The number of fused-ring (bicyclic) bond motifs is 2. The Kier molecular flexibility index (Phi) is 4.69. The summed E-state index contributed by atoms with van der Waals surface area (Å²) in [6.07, 6.45) is -1.94. The lowest BCUT2D eigenvalue weighted by molar-refractivity contribution is -0.137. The fraction of sp³-hybridized carbons (Fsp3) is 0.450. The van der Waals surface area contributed by atoms with Crippen molar-refractivity contribution in [3.05, 3.63) is 47.7 Å². The van der Waals surface area contributed by atoms with Crippen LogP contribution in [0.2, 0.25) is 0 Å². The number of amides is 2. The van der Waals surface area contributed by atoms with Gasteiger partial charge in [-0.1, -0.05) is 6.92 Å². The third kappa shape index (κ3) is 3.51. The standard InChI is InChI=1S/C20H19F4N7O2/c1-10-5-13-8-19(7-10,17-28-27-11(2)33-17)30(13)18(32)26-12-3-4-14(20(22,23)24)15(6-12)31-25-9-16(21)29-31/h3-4,6,9-10,13H,5,7-8H2,1-2H3,(H,26,32)/t10-,13?,19?/m0/s1. The third-order valence-corrected chi connectivity index (χ3v) is 6.14. The number of aryl methyl sites for hydroxylation is 1. The lowest BCUT2D eigenvalue weighted by atomic mass is 9.64. The van der Waals surface area contributed by atoms with E-state index in [-0.39, 0.29) is 11.7 Å². The van der Waals surface area contributed by atoms with Gasteiger partial charge in [0.25, 0.3) is 5.95 Å². The molecule has 2 fully saturated rings. The Hall–Kier alpha value is -3.51. The Bertz CT molecular complexity index is 1220. The van der Waals surface area contributed by atoms with Gasteiger partial charge in [-0.25, -0.2) is 4.79 Å². The van der Waals surface area contributed by atoms with E-state index in [0.29, 0.717) is 41.5 Å². The average molecular weight is 465 g/mol. The van der Waals surface area contributed by atoms with Crippen LogP contribution in [0.15, 0.2) is 28.8 Å². The zero-order chi connectivity index (χ0) is 23.5. The van der Waals surface area contributed by atoms with Crippen LogP contribution < -0.4 is 5.32 Å². The van der Waals surface area contributed by atoms with E-state index in [0.717, 1.165) is 24.6 Å². The minimum atomic E-state index is -4.73. The second-order valence-corrected chi connectivity index (χ2v) is 8.55. The molecule has 2 unspecified atom stereocenters. The Morgan fingerprint density at radius 2 is 2.06 bits per heavy atom. The molecular weight excluding hydrogens is 446 g/mol. The predicted octanol–water partition coefficient (Wildman–Crippen LogP) is 4.05. The van der Waals surface area contributed by atoms with Crippen LogP contribution in [-0.2, 0) is 11.7 Å². The molecule has 3 aromatic rings. The zero-order valence-corrected chi connectivity index (χ0v) is 17.6. The molecule has 0 spiro atoms. The Labute approximate surface area is 184 Å². The first kappa shape index (κ1) is 21.3. The lowest BCUT2D eigenvalue weighted by Crippen LogP contribution is -2.70. The first-order valence-corrected chi connectivity index (χ1v) is 10.3. The molecule has 174 valence electrons. The molecular formula is C20H19F4N7O2. The number of nitrogens with one attached hydrogen (secondary N) is 1. The monoisotopic (exact) mass is 465 g/mol. The van der Waals surface area contributed by atoms with Gasteiger partial charge in [0.1, 0.15) is 17.4 Å². The molecule has 2 bridgehead atoms. The fourth-order valence-corrected chi connectivity index (χ4v) is 4.99. The fourth-order valence-electron chi connectivity index (χ4n) is 4.99. The summed E-state index contributed by atoms with van der Waals surface area (Å²) in [5.41, 5.74) is -2.25. The summed E-state index contributed by atoms with van der Waals surface area (Å²) in [7, 11) is 0. The molecule has 9 nitrogen and oxygen atoms in total. The molecule has 0 radical (unpaired) electrons. The minimum Gasteiger partial charge on any atom is -0.423 e. The molecule has 2 aliphatic rings. The van der Waals surface area contributed by atoms with E-state index < -0.39 is 34.9 Å². The topological polar surface area (TPSA) is 102 Å². The van der Waals surface area contributed by atoms with Crippen LogP contribution in [0.1, 0.15) is 43.5 Å². The summed E-state index contributed by atoms with van der Waals surface area (Å²) < 4.78 is 59.4. The van der Waals surface area contributed by atoms with E-state index in [2.05, 4.69) is 32.6 Å². The lowest BCUT2D eigenvalue weighted by Gasteiger charge is -2.61. The molecule has 1 aliphatic carbocycles. The number of anilines is 1. The van der Waals surface area contributed by atoms with Gasteiger partial charge in [0.2, 0.25) is 11.8 Å². The Morgan fingerprint density at radius 3 is 2.70 bits per heavy atom. The van der Waals surface area contributed by atoms with E-state index in [1.54, 1.807) is 11.8 Å². The summed E-state index contributed by atoms with van der Waals surface area (Å²) in [4.78, 5) is 15.4. The van der Waals surface area contributed by atoms with Crippen molar-refractivity contribution < 1.29 is 26.8 Å². The maximum Gasteiger partial charge on any atom is 0.418 e. The zero-order valence-electron chi connectivity index (χ0n) is 17.6. The number of carbonyl (C=O) groups is 1. The maximum absolute atomic E-state index is 13.5. The molecule has 1 aliphatic heterocycles. The number of aromatic nitrogens is 5. The number of halogens is 4. The van der Waals surface area contributed by atoms with Crippen LogP contribution in [0.5, 0.6) is 0 Å². The summed E-state index contributed by atoms with van der Waals surface area (Å²) in [5, 5.41) is 17.5. The molecule has 3 atom stereocenters. The highest BCUT2D eigenvalue weighted by atomic mass is 19.4. The van der Waals surface area contributed by atoms with Gasteiger partial charge in [-0.2, -0.15) is 22.7 Å². The third-order valence-electron chi connectivity index (χ3n) is 6.14. The highest BCUT2D eigenvalue weighted by Gasteiger charge is 2.62. The number of benzene rings is 1. The molecule has 1 N–H and O–H groups in total. The molecule has 2 aromatic heterocycles. The number of nitrogens with zero attached hydrogens (tertiary/aromatic N) is 6. The van der Waals surface area contributed by atoms with Gasteiger partial charge in [0.15, 0.2) is 0 Å². The number of urea groups is 1. The SMILES string of the molecule is Cc1nnc(C23CC(C[C@H](C)C2)N3C(=O)Nc2ccc(C(F)(F)F)c(-n3ncc(F)n3)c2)o1. The van der Waals surface area contributed by atoms with Crippen molar-refractivity contribution in [2.75, 3.05) is 5.32 Å². The van der Waals surface area contributed by atoms with Crippen LogP contribution in [0.25, 0.3) is 5.69 Å². The smallest absolute Gasteiger partial charge is 0.418 e. The van der Waals surface area contributed by atoms with Crippen molar-refractivity contribution in [3.63, 3.8) is 0 Å². The molecule has 1 saturated carbocycles. The normalized spacial score (nSPS) is 24.5. The first-order chi connectivity index (χ1) is 15.6. The molecule has 13 heteroatoms. The number of carbonyl (C=O) groups excluding carboxylic acids is 1. The van der Waals surface area contributed by atoms with E-state index in [4.69, 9.17) is 4.42 Å². The van der Waals surface area contributed by atoms with Gasteiger partial charge < -0.3 is 14.6 Å². The van der Waals surface area contributed by atoms with Crippen molar-refractivity contribution in [1.29, 1.82) is 0 Å². The number of hydrogen-bond donors (Lipinski definition) is 1. The number of alkyl halides is 3. The molecule has 33 heavy (non-hydrogen) atoms. The van der Waals surface area contributed by atoms with Crippen molar-refractivity contribution in [2.45, 2.75) is 50.9 Å². The highest BCUT2D eigenvalue weighted by molar-refractivity contribution is 5.91. The second kappa shape index (κ2) is 7.25. The Morgan fingerprint density at radius 1 is 1.27 bits per heavy atom. The van der Waals surface area contributed by atoms with Gasteiger partial charge in [0, 0.05) is 25.1 Å².